The minimum absolute atomic E-state index is 0.234. The highest BCUT2D eigenvalue weighted by molar-refractivity contribution is 7.15. The van der Waals surface area contributed by atoms with Gasteiger partial charge >= 0.3 is 6.03 Å². The van der Waals surface area contributed by atoms with Crippen LogP contribution in [0.15, 0.2) is 85.3 Å². The molecule has 0 unspecified atom stereocenters. The molecule has 0 spiro atoms. The largest absolute Gasteiger partial charge is 0.334 e. The molecule has 0 aliphatic heterocycles. The average molecular weight is 401 g/mol. The molecule has 0 saturated carbocycles. The third-order valence-electron chi connectivity index (χ3n) is 4.38. The Morgan fingerprint density at radius 2 is 1.66 bits per heavy atom. The fourth-order valence-electron chi connectivity index (χ4n) is 2.87. The van der Waals surface area contributed by atoms with Gasteiger partial charge in [-0.3, -0.25) is 4.98 Å². The first-order valence-electron chi connectivity index (χ1n) is 9.29. The Labute approximate surface area is 173 Å². The Bertz CT molecular complexity index is 1060. The van der Waals surface area contributed by atoms with Crippen LogP contribution in [0, 0.1) is 0 Å². The van der Waals surface area contributed by atoms with Gasteiger partial charge in [-0.2, -0.15) is 0 Å². The number of hydrogen-bond acceptors (Lipinski definition) is 4. The normalized spacial score (nSPS) is 10.5. The second-order valence-corrected chi connectivity index (χ2v) is 7.64. The Balaban J connectivity index is 1.31. The zero-order chi connectivity index (χ0) is 19.9. The van der Waals surface area contributed by atoms with Crippen molar-refractivity contribution >= 4 is 23.1 Å². The van der Waals surface area contributed by atoms with Gasteiger partial charge in [-0.1, -0.05) is 42.5 Å². The molecule has 0 saturated heterocycles. The van der Waals surface area contributed by atoms with Crippen molar-refractivity contribution in [2.75, 3.05) is 5.32 Å². The maximum Gasteiger partial charge on any atom is 0.319 e. The van der Waals surface area contributed by atoms with Crippen LogP contribution in [-0.2, 0) is 13.0 Å². The molecule has 0 fully saturated rings. The van der Waals surface area contributed by atoms with E-state index in [4.69, 9.17) is 0 Å². The lowest BCUT2D eigenvalue weighted by molar-refractivity contribution is 0.251. The fraction of sp³-hybridized carbons (Fsp3) is 0.0870. The summed E-state index contributed by atoms with van der Waals surface area (Å²) in [5, 5.41) is 6.75. The van der Waals surface area contributed by atoms with Crippen molar-refractivity contribution in [2.24, 2.45) is 0 Å². The van der Waals surface area contributed by atoms with Gasteiger partial charge in [0.2, 0.25) is 0 Å². The van der Waals surface area contributed by atoms with Crippen molar-refractivity contribution in [3.63, 3.8) is 0 Å². The van der Waals surface area contributed by atoms with Crippen molar-refractivity contribution in [1.82, 2.24) is 15.3 Å². The summed E-state index contributed by atoms with van der Waals surface area (Å²) < 4.78 is 0. The fourth-order valence-corrected chi connectivity index (χ4v) is 3.82. The van der Waals surface area contributed by atoms with E-state index in [-0.39, 0.29) is 6.03 Å². The standard InChI is InChI=1S/C23H20N4OS/c28-23(26-15-18-10-12-24-13-11-18)27-20-8-6-17(7-9-20)14-22-25-16-21(29-22)19-4-2-1-3-5-19/h1-13,16H,14-15H2,(H2,26,27,28). The van der Waals surface area contributed by atoms with Crippen molar-refractivity contribution in [3.8, 4) is 10.4 Å². The lowest BCUT2D eigenvalue weighted by Crippen LogP contribution is -2.28. The zero-order valence-electron chi connectivity index (χ0n) is 15.7. The molecule has 144 valence electrons. The summed E-state index contributed by atoms with van der Waals surface area (Å²) >= 11 is 1.70. The summed E-state index contributed by atoms with van der Waals surface area (Å²) in [5.74, 6) is 0. The number of aromatic nitrogens is 2. The average Bonchev–Trinajstić information content (AvgIpc) is 3.24. The van der Waals surface area contributed by atoms with E-state index in [1.807, 2.05) is 60.8 Å². The second-order valence-electron chi connectivity index (χ2n) is 6.52. The topological polar surface area (TPSA) is 66.9 Å². The number of hydrogen-bond donors (Lipinski definition) is 2. The third kappa shape index (κ3) is 5.27. The second kappa shape index (κ2) is 9.12. The minimum atomic E-state index is -0.234. The number of urea groups is 1. The molecule has 4 aromatic rings. The number of carbonyl (C=O) groups excluding carboxylic acids is 1. The Morgan fingerprint density at radius 3 is 2.41 bits per heavy atom. The van der Waals surface area contributed by atoms with Crippen molar-refractivity contribution in [2.45, 2.75) is 13.0 Å². The van der Waals surface area contributed by atoms with Gasteiger partial charge in [-0.25, -0.2) is 9.78 Å². The third-order valence-corrected chi connectivity index (χ3v) is 5.43. The number of nitrogens with zero attached hydrogens (tertiary/aromatic N) is 2. The zero-order valence-corrected chi connectivity index (χ0v) is 16.5. The molecule has 0 bridgehead atoms. The Morgan fingerprint density at radius 1 is 0.897 bits per heavy atom. The molecule has 0 radical (unpaired) electrons. The number of anilines is 1. The molecule has 0 atom stereocenters. The van der Waals surface area contributed by atoms with Crippen LogP contribution in [0.5, 0.6) is 0 Å². The van der Waals surface area contributed by atoms with Gasteiger partial charge in [-0.15, -0.1) is 11.3 Å². The van der Waals surface area contributed by atoms with Gasteiger partial charge in [0.1, 0.15) is 0 Å². The highest BCUT2D eigenvalue weighted by Crippen LogP contribution is 2.27. The van der Waals surface area contributed by atoms with Crippen molar-refractivity contribution in [1.29, 1.82) is 0 Å². The number of pyridine rings is 1. The van der Waals surface area contributed by atoms with Gasteiger partial charge in [0.25, 0.3) is 0 Å². The molecule has 29 heavy (non-hydrogen) atoms. The van der Waals surface area contributed by atoms with E-state index in [0.29, 0.717) is 6.54 Å². The summed E-state index contributed by atoms with van der Waals surface area (Å²) in [6.45, 7) is 0.459. The number of carbonyl (C=O) groups is 1. The number of rotatable bonds is 6. The van der Waals surface area contributed by atoms with Crippen LogP contribution >= 0.6 is 11.3 Å². The molecule has 2 heterocycles. The molecule has 2 amide bonds. The maximum absolute atomic E-state index is 12.1. The predicted octanol–water partition coefficient (Wildman–Crippen LogP) is 5.12. The predicted molar refractivity (Wildman–Crippen MR) is 117 cm³/mol. The summed E-state index contributed by atoms with van der Waals surface area (Å²) in [6.07, 6.45) is 6.11. The SMILES string of the molecule is O=C(NCc1ccncc1)Nc1ccc(Cc2ncc(-c3ccccc3)s2)cc1. The van der Waals surface area contributed by atoms with E-state index < -0.39 is 0 Å². The first kappa shape index (κ1) is 18.8. The quantitative estimate of drug-likeness (QED) is 0.472. The Hall–Kier alpha value is -3.51. The van der Waals surface area contributed by atoms with Crippen molar-refractivity contribution < 1.29 is 4.79 Å². The van der Waals surface area contributed by atoms with Gasteiger partial charge in [-0.05, 0) is 41.0 Å². The summed E-state index contributed by atoms with van der Waals surface area (Å²) in [7, 11) is 0. The monoisotopic (exact) mass is 400 g/mol. The summed E-state index contributed by atoms with van der Waals surface area (Å²) in [4.78, 5) is 21.7. The highest BCUT2D eigenvalue weighted by atomic mass is 32.1. The maximum atomic E-state index is 12.1. The number of benzene rings is 2. The first-order chi connectivity index (χ1) is 14.3. The molecule has 2 N–H and O–H groups in total. The molecule has 4 rings (SSSR count). The summed E-state index contributed by atoms with van der Waals surface area (Å²) in [5.41, 5.74) is 4.10. The van der Waals surface area contributed by atoms with E-state index in [9.17, 15) is 4.79 Å². The smallest absolute Gasteiger partial charge is 0.319 e. The molecule has 0 aliphatic rings. The molecule has 2 aromatic carbocycles. The lowest BCUT2D eigenvalue weighted by atomic mass is 10.1. The van der Waals surface area contributed by atoms with Crippen LogP contribution < -0.4 is 10.6 Å². The van der Waals surface area contributed by atoms with Gasteiger partial charge in [0, 0.05) is 37.2 Å². The molecule has 2 aromatic heterocycles. The molecule has 6 heteroatoms. The molecular weight excluding hydrogens is 380 g/mol. The Kier molecular flexibility index (Phi) is 5.92. The van der Waals surface area contributed by atoms with Gasteiger partial charge in [0.15, 0.2) is 0 Å². The van der Waals surface area contributed by atoms with E-state index in [1.165, 1.54) is 10.4 Å². The molecule has 0 aliphatic carbocycles. The van der Waals surface area contributed by atoms with Crippen LogP contribution in [0.1, 0.15) is 16.1 Å². The lowest BCUT2D eigenvalue weighted by Gasteiger charge is -2.08. The van der Waals surface area contributed by atoms with E-state index in [2.05, 4.69) is 32.7 Å². The van der Waals surface area contributed by atoms with Gasteiger partial charge < -0.3 is 10.6 Å². The minimum Gasteiger partial charge on any atom is -0.334 e. The van der Waals surface area contributed by atoms with Crippen LogP contribution in [0.25, 0.3) is 10.4 Å². The number of nitrogens with one attached hydrogen (secondary N) is 2. The van der Waals surface area contributed by atoms with Crippen LogP contribution in [-0.4, -0.2) is 16.0 Å². The van der Waals surface area contributed by atoms with E-state index in [0.717, 1.165) is 28.2 Å². The van der Waals surface area contributed by atoms with Crippen LogP contribution in [0.4, 0.5) is 10.5 Å². The van der Waals surface area contributed by atoms with E-state index >= 15 is 0 Å². The van der Waals surface area contributed by atoms with Crippen molar-refractivity contribution in [3.05, 3.63) is 101 Å². The first-order valence-corrected chi connectivity index (χ1v) is 10.1. The van der Waals surface area contributed by atoms with Crippen LogP contribution in [0.2, 0.25) is 0 Å². The number of amides is 2. The number of thiazole rings is 1. The van der Waals surface area contributed by atoms with Crippen LogP contribution in [0.3, 0.4) is 0 Å². The van der Waals surface area contributed by atoms with Gasteiger partial charge in [0.05, 0.1) is 9.88 Å². The molecular formula is C23H20N4OS. The highest BCUT2D eigenvalue weighted by Gasteiger charge is 2.06. The van der Waals surface area contributed by atoms with E-state index in [1.54, 1.807) is 23.7 Å². The summed E-state index contributed by atoms with van der Waals surface area (Å²) in [6, 6.07) is 21.6. The molecule has 5 nitrogen and oxygen atoms in total.